The van der Waals surface area contributed by atoms with E-state index in [0.717, 1.165) is 16.2 Å². The highest BCUT2D eigenvalue weighted by Crippen LogP contribution is 2.47. The number of sulfonamides is 1. The number of carboxylic acid groups (broad SMARTS) is 1. The molecule has 0 aromatic heterocycles. The van der Waals surface area contributed by atoms with Gasteiger partial charge in [0.25, 0.3) is 0 Å². The molecule has 1 saturated heterocycles. The summed E-state index contributed by atoms with van der Waals surface area (Å²) in [5, 5.41) is 9.42. The van der Waals surface area contributed by atoms with Crippen LogP contribution < -0.4 is 20.9 Å². The molecule has 12 nitrogen and oxygen atoms in total. The number of nitrogens with one attached hydrogen (secondary N) is 1. The lowest BCUT2D eigenvalue weighted by Crippen LogP contribution is -2.51. The summed E-state index contributed by atoms with van der Waals surface area (Å²) < 4.78 is 40.9. The topological polar surface area (TPSA) is 187 Å². The Kier molecular flexibility index (Phi) is 9.32. The number of nitrogens with zero attached hydrogens (tertiary/aromatic N) is 2. The average Bonchev–Trinajstić information content (AvgIpc) is 3.40. The maximum absolute atomic E-state index is 13.5. The van der Waals surface area contributed by atoms with E-state index >= 15 is 0 Å². The van der Waals surface area contributed by atoms with E-state index in [0.29, 0.717) is 29.4 Å². The molecule has 2 aromatic rings. The molecule has 2 aromatic carbocycles. The van der Waals surface area contributed by atoms with Gasteiger partial charge in [0.05, 0.1) is 20.8 Å². The number of aliphatic carboxylic acids is 1. The lowest BCUT2D eigenvalue weighted by molar-refractivity contribution is -0.146. The fourth-order valence-electron chi connectivity index (χ4n) is 4.32. The third-order valence-electron chi connectivity index (χ3n) is 6.14. The van der Waals surface area contributed by atoms with Crippen molar-refractivity contribution in [2.75, 3.05) is 26.2 Å². The third kappa shape index (κ3) is 7.62. The van der Waals surface area contributed by atoms with Crippen LogP contribution in [-0.2, 0) is 24.3 Å². The number of para-hydroxylation sites is 1. The number of aliphatic imine (C=N–C) groups is 1. The number of guanidine groups is 1. The molecule has 0 bridgehead atoms. The molecule has 0 radical (unpaired) electrons. The molecular formula is C25H31N5O7S2. The number of hydrogen-bond donors (Lipinski definition) is 4. The number of nitrogens with two attached hydrogens (primary N) is 2. The van der Waals surface area contributed by atoms with Crippen molar-refractivity contribution in [1.29, 1.82) is 0 Å². The van der Waals surface area contributed by atoms with Gasteiger partial charge in [-0.1, -0.05) is 23.9 Å². The molecule has 14 heteroatoms. The van der Waals surface area contributed by atoms with E-state index in [-0.39, 0.29) is 42.9 Å². The van der Waals surface area contributed by atoms with Gasteiger partial charge in [-0.05, 0) is 56.0 Å². The standard InChI is InChI=1S/C25H31N5O7S2/c26-25(27)28-11-3-6-18(24(33)30(15-23(31)32)14-16-5-4-12-36-16)29-39(34,35)17-9-10-20-22(13-17)38-21-8-2-1-7-19(21)37-20/h1-2,7-10,13,16,18,29H,3-6,11-12,14-15H2,(H,31,32)(H4,26,27,28)/t16?,18-/m0/s1. The third-order valence-corrected chi connectivity index (χ3v) is 8.71. The fourth-order valence-corrected chi connectivity index (χ4v) is 6.63. The minimum Gasteiger partial charge on any atom is -0.480 e. The lowest BCUT2D eigenvalue weighted by atomic mass is 10.1. The molecule has 2 heterocycles. The molecular weight excluding hydrogens is 546 g/mol. The van der Waals surface area contributed by atoms with E-state index in [9.17, 15) is 23.1 Å². The van der Waals surface area contributed by atoms with Crippen molar-refractivity contribution in [2.24, 2.45) is 16.5 Å². The van der Waals surface area contributed by atoms with Crippen LogP contribution in [0, 0.1) is 0 Å². The number of benzene rings is 2. The number of hydrogen-bond acceptors (Lipinski definition) is 8. The second-order valence-electron chi connectivity index (χ2n) is 9.13. The smallest absolute Gasteiger partial charge is 0.323 e. The quantitative estimate of drug-likeness (QED) is 0.140. The van der Waals surface area contributed by atoms with Crippen LogP contribution in [0.3, 0.4) is 0 Å². The van der Waals surface area contributed by atoms with Gasteiger partial charge in [0, 0.05) is 19.7 Å². The van der Waals surface area contributed by atoms with Crippen LogP contribution in [0.5, 0.6) is 11.5 Å². The van der Waals surface area contributed by atoms with E-state index in [4.69, 9.17) is 20.9 Å². The van der Waals surface area contributed by atoms with Gasteiger partial charge < -0.3 is 30.9 Å². The summed E-state index contributed by atoms with van der Waals surface area (Å²) in [5.41, 5.74) is 10.8. The number of ether oxygens (including phenoxy) is 2. The van der Waals surface area contributed by atoms with Crippen molar-refractivity contribution >= 4 is 39.6 Å². The number of rotatable bonds is 12. The van der Waals surface area contributed by atoms with Crippen molar-refractivity contribution in [3.63, 3.8) is 0 Å². The van der Waals surface area contributed by atoms with Crippen molar-refractivity contribution in [3.05, 3.63) is 42.5 Å². The summed E-state index contributed by atoms with van der Waals surface area (Å²) in [5.74, 6) is -0.799. The van der Waals surface area contributed by atoms with Gasteiger partial charge in [0.15, 0.2) is 5.96 Å². The van der Waals surface area contributed by atoms with Crippen molar-refractivity contribution < 1.29 is 32.6 Å². The van der Waals surface area contributed by atoms with E-state index in [2.05, 4.69) is 9.71 Å². The first-order valence-corrected chi connectivity index (χ1v) is 14.7. The zero-order chi connectivity index (χ0) is 28.0. The van der Waals surface area contributed by atoms with E-state index in [1.165, 1.54) is 23.9 Å². The minimum absolute atomic E-state index is 0.0451. The molecule has 0 saturated carbocycles. The van der Waals surface area contributed by atoms with Gasteiger partial charge in [-0.3, -0.25) is 14.6 Å². The largest absolute Gasteiger partial charge is 0.480 e. The lowest BCUT2D eigenvalue weighted by Gasteiger charge is -2.28. The Morgan fingerprint density at radius 3 is 2.67 bits per heavy atom. The molecule has 2 aliphatic heterocycles. The Balaban J connectivity index is 1.56. The SMILES string of the molecule is NC(N)=NCCC[C@H](NS(=O)(=O)c1ccc2c(c1)Sc1ccccc1O2)C(=O)N(CC(=O)O)CC1CCCO1. The summed E-state index contributed by atoms with van der Waals surface area (Å²) >= 11 is 1.38. The number of carboxylic acids is 1. The van der Waals surface area contributed by atoms with Crippen LogP contribution >= 0.6 is 11.8 Å². The molecule has 2 atom stereocenters. The number of amides is 1. The predicted octanol–water partition coefficient (Wildman–Crippen LogP) is 1.74. The fraction of sp³-hybridized carbons (Fsp3) is 0.400. The predicted molar refractivity (Wildman–Crippen MR) is 144 cm³/mol. The average molecular weight is 578 g/mol. The molecule has 0 aliphatic carbocycles. The van der Waals surface area contributed by atoms with Gasteiger partial charge in [-0.2, -0.15) is 4.72 Å². The van der Waals surface area contributed by atoms with Crippen LogP contribution in [0.4, 0.5) is 0 Å². The molecule has 6 N–H and O–H groups in total. The molecule has 39 heavy (non-hydrogen) atoms. The van der Waals surface area contributed by atoms with Crippen LogP contribution in [-0.4, -0.2) is 74.6 Å². The van der Waals surface area contributed by atoms with Crippen molar-refractivity contribution in [3.8, 4) is 11.5 Å². The van der Waals surface area contributed by atoms with Crippen LogP contribution in [0.25, 0.3) is 0 Å². The first-order valence-electron chi connectivity index (χ1n) is 12.4. The van der Waals surface area contributed by atoms with Gasteiger partial charge >= 0.3 is 5.97 Å². The van der Waals surface area contributed by atoms with Gasteiger partial charge in [0.2, 0.25) is 15.9 Å². The molecule has 1 unspecified atom stereocenters. The zero-order valence-electron chi connectivity index (χ0n) is 21.1. The van der Waals surface area contributed by atoms with E-state index in [1.54, 1.807) is 6.07 Å². The summed E-state index contributed by atoms with van der Waals surface area (Å²) in [6.07, 6.45) is 1.50. The Morgan fingerprint density at radius 1 is 1.18 bits per heavy atom. The summed E-state index contributed by atoms with van der Waals surface area (Å²) in [6.45, 7) is 0.157. The molecule has 1 fully saturated rings. The normalized spacial score (nSPS) is 16.9. The first kappa shape index (κ1) is 28.7. The molecule has 4 rings (SSSR count). The van der Waals surface area contributed by atoms with Gasteiger partial charge in [-0.25, -0.2) is 8.42 Å². The molecule has 210 valence electrons. The van der Waals surface area contributed by atoms with Crippen molar-refractivity contribution in [2.45, 2.75) is 52.5 Å². The second-order valence-corrected chi connectivity index (χ2v) is 11.9. The number of fused-ring (bicyclic) bond motifs is 2. The Hall–Kier alpha value is -3.33. The van der Waals surface area contributed by atoms with Crippen LogP contribution in [0.15, 0.2) is 62.1 Å². The van der Waals surface area contributed by atoms with Gasteiger partial charge in [0.1, 0.15) is 24.1 Å². The van der Waals surface area contributed by atoms with E-state index in [1.807, 2.05) is 24.3 Å². The maximum atomic E-state index is 13.5. The Labute approximate surface area is 230 Å². The van der Waals surface area contributed by atoms with Gasteiger partial charge in [-0.15, -0.1) is 0 Å². The summed E-state index contributed by atoms with van der Waals surface area (Å²) in [4.78, 5) is 31.5. The zero-order valence-corrected chi connectivity index (χ0v) is 22.7. The first-order chi connectivity index (χ1) is 18.6. The van der Waals surface area contributed by atoms with Crippen LogP contribution in [0.1, 0.15) is 25.7 Å². The number of carbonyl (C=O) groups excluding carboxylic acids is 1. The Morgan fingerprint density at radius 2 is 1.95 bits per heavy atom. The highest BCUT2D eigenvalue weighted by atomic mass is 32.2. The number of carbonyl (C=O) groups is 2. The minimum atomic E-state index is -4.19. The molecule has 2 aliphatic rings. The highest BCUT2D eigenvalue weighted by molar-refractivity contribution is 7.99. The highest BCUT2D eigenvalue weighted by Gasteiger charge is 2.33. The van der Waals surface area contributed by atoms with E-state index < -0.39 is 34.5 Å². The van der Waals surface area contributed by atoms with Crippen molar-refractivity contribution in [1.82, 2.24) is 9.62 Å². The summed E-state index contributed by atoms with van der Waals surface area (Å²) in [7, 11) is -4.19. The maximum Gasteiger partial charge on any atom is 0.323 e. The Bertz CT molecular complexity index is 1340. The monoisotopic (exact) mass is 577 g/mol. The second kappa shape index (κ2) is 12.7. The summed E-state index contributed by atoms with van der Waals surface area (Å²) in [6, 6.07) is 10.6. The molecule has 0 spiro atoms. The van der Waals surface area contributed by atoms with Crippen LogP contribution in [0.2, 0.25) is 0 Å². The molecule has 1 amide bonds.